The average molecular weight is 354 g/mol. The van der Waals surface area contributed by atoms with Crippen molar-refractivity contribution in [1.82, 2.24) is 5.32 Å². The molecule has 1 N–H and O–H groups in total. The van der Waals surface area contributed by atoms with E-state index in [1.807, 2.05) is 0 Å². The van der Waals surface area contributed by atoms with Crippen molar-refractivity contribution in [3.8, 4) is 5.75 Å². The fourth-order valence-electron chi connectivity index (χ4n) is 3.01. The van der Waals surface area contributed by atoms with Crippen LogP contribution in [0.4, 0.5) is 0 Å². The van der Waals surface area contributed by atoms with Crippen LogP contribution in [0.25, 0.3) is 0 Å². The van der Waals surface area contributed by atoms with Gasteiger partial charge in [0.25, 0.3) is 0 Å². The molecule has 0 atom stereocenters. The lowest BCUT2D eigenvalue weighted by Gasteiger charge is -2.28. The first-order chi connectivity index (χ1) is 10.1. The monoisotopic (exact) mass is 353 g/mol. The highest BCUT2D eigenvalue weighted by Crippen LogP contribution is 2.33. The standard InChI is InChI=1S/C18H28BrNO/c1-4-9-20-12-15-11-16(19)10-14(3)18(15)21-17-7-5-13(2)6-8-17/h10-11,13,17,20H,4-9,12H2,1-3H3. The lowest BCUT2D eigenvalue weighted by molar-refractivity contribution is 0.133. The van der Waals surface area contributed by atoms with E-state index >= 15 is 0 Å². The minimum atomic E-state index is 0.394. The molecule has 0 unspecified atom stereocenters. The number of halogens is 1. The van der Waals surface area contributed by atoms with Gasteiger partial charge in [-0.1, -0.05) is 29.8 Å². The maximum absolute atomic E-state index is 6.39. The molecule has 0 aliphatic heterocycles. The first-order valence-electron chi connectivity index (χ1n) is 8.26. The predicted molar refractivity (Wildman–Crippen MR) is 92.9 cm³/mol. The van der Waals surface area contributed by atoms with E-state index in [4.69, 9.17) is 4.74 Å². The Kier molecular flexibility index (Phi) is 6.56. The van der Waals surface area contributed by atoms with E-state index in [-0.39, 0.29) is 0 Å². The summed E-state index contributed by atoms with van der Waals surface area (Å²) in [6.07, 6.45) is 6.53. The SMILES string of the molecule is CCCNCc1cc(Br)cc(C)c1OC1CCC(C)CC1. The van der Waals surface area contributed by atoms with Crippen molar-refractivity contribution in [2.45, 2.75) is 65.5 Å². The molecule has 2 rings (SSSR count). The minimum Gasteiger partial charge on any atom is -0.490 e. The van der Waals surface area contributed by atoms with E-state index in [0.29, 0.717) is 6.10 Å². The molecule has 1 fully saturated rings. The summed E-state index contributed by atoms with van der Waals surface area (Å²) >= 11 is 3.61. The smallest absolute Gasteiger partial charge is 0.127 e. The molecule has 1 aromatic rings. The molecule has 1 aliphatic carbocycles. The average Bonchev–Trinajstić information content (AvgIpc) is 2.45. The Morgan fingerprint density at radius 3 is 2.62 bits per heavy atom. The Bertz CT molecular complexity index is 453. The molecule has 3 heteroatoms. The molecular formula is C18H28BrNO. The van der Waals surface area contributed by atoms with Crippen molar-refractivity contribution in [2.24, 2.45) is 5.92 Å². The minimum absolute atomic E-state index is 0.394. The molecule has 21 heavy (non-hydrogen) atoms. The van der Waals surface area contributed by atoms with Gasteiger partial charge in [0.1, 0.15) is 5.75 Å². The van der Waals surface area contributed by atoms with Gasteiger partial charge in [-0.25, -0.2) is 0 Å². The summed E-state index contributed by atoms with van der Waals surface area (Å²) in [5.41, 5.74) is 2.50. The van der Waals surface area contributed by atoms with Gasteiger partial charge < -0.3 is 10.1 Å². The normalized spacial score (nSPS) is 22.3. The third kappa shape index (κ3) is 5.00. The van der Waals surface area contributed by atoms with Crippen molar-refractivity contribution in [2.75, 3.05) is 6.54 Å². The van der Waals surface area contributed by atoms with Crippen molar-refractivity contribution >= 4 is 15.9 Å². The number of rotatable bonds is 6. The summed E-state index contributed by atoms with van der Waals surface area (Å²) < 4.78 is 7.53. The van der Waals surface area contributed by atoms with Gasteiger partial charge in [0.15, 0.2) is 0 Å². The van der Waals surface area contributed by atoms with E-state index in [0.717, 1.165) is 35.7 Å². The summed E-state index contributed by atoms with van der Waals surface area (Å²) in [7, 11) is 0. The molecule has 118 valence electrons. The second-order valence-electron chi connectivity index (χ2n) is 6.39. The number of hydrogen-bond donors (Lipinski definition) is 1. The molecule has 1 saturated carbocycles. The van der Waals surface area contributed by atoms with Gasteiger partial charge in [-0.05, 0) is 69.2 Å². The van der Waals surface area contributed by atoms with Crippen LogP contribution in [0.3, 0.4) is 0 Å². The van der Waals surface area contributed by atoms with Crippen LogP contribution in [-0.2, 0) is 6.54 Å². The third-order valence-corrected chi connectivity index (χ3v) is 4.76. The van der Waals surface area contributed by atoms with E-state index in [1.54, 1.807) is 0 Å². The van der Waals surface area contributed by atoms with Crippen molar-refractivity contribution in [3.63, 3.8) is 0 Å². The highest BCUT2D eigenvalue weighted by atomic mass is 79.9. The zero-order chi connectivity index (χ0) is 15.2. The van der Waals surface area contributed by atoms with Gasteiger partial charge in [-0.15, -0.1) is 0 Å². The number of hydrogen-bond acceptors (Lipinski definition) is 2. The molecule has 0 saturated heterocycles. The maximum Gasteiger partial charge on any atom is 0.127 e. The van der Waals surface area contributed by atoms with Crippen molar-refractivity contribution in [1.29, 1.82) is 0 Å². The second kappa shape index (κ2) is 8.19. The van der Waals surface area contributed by atoms with E-state index in [1.165, 1.54) is 36.8 Å². The van der Waals surface area contributed by atoms with Gasteiger partial charge in [0, 0.05) is 16.6 Å². The van der Waals surface area contributed by atoms with Gasteiger partial charge in [-0.3, -0.25) is 0 Å². The zero-order valence-corrected chi connectivity index (χ0v) is 15.1. The van der Waals surface area contributed by atoms with Gasteiger partial charge in [0.05, 0.1) is 6.10 Å². The summed E-state index contributed by atoms with van der Waals surface area (Å²) in [4.78, 5) is 0. The Morgan fingerprint density at radius 2 is 1.95 bits per heavy atom. The summed E-state index contributed by atoms with van der Waals surface area (Å²) in [5, 5.41) is 3.49. The zero-order valence-electron chi connectivity index (χ0n) is 13.5. The van der Waals surface area contributed by atoms with Crippen LogP contribution in [0.15, 0.2) is 16.6 Å². The number of ether oxygens (including phenoxy) is 1. The summed E-state index contributed by atoms with van der Waals surface area (Å²) in [5.74, 6) is 1.96. The molecule has 0 aromatic heterocycles. The first-order valence-corrected chi connectivity index (χ1v) is 9.05. The molecule has 0 bridgehead atoms. The molecule has 2 nitrogen and oxygen atoms in total. The Hall–Kier alpha value is -0.540. The lowest BCUT2D eigenvalue weighted by atomic mass is 9.89. The lowest BCUT2D eigenvalue weighted by Crippen LogP contribution is -2.24. The Morgan fingerprint density at radius 1 is 1.24 bits per heavy atom. The van der Waals surface area contributed by atoms with Crippen LogP contribution >= 0.6 is 15.9 Å². The topological polar surface area (TPSA) is 21.3 Å². The van der Waals surface area contributed by atoms with Crippen LogP contribution in [0.2, 0.25) is 0 Å². The Balaban J connectivity index is 2.08. The summed E-state index contributed by atoms with van der Waals surface area (Å²) in [6, 6.07) is 4.35. The third-order valence-electron chi connectivity index (χ3n) is 4.31. The van der Waals surface area contributed by atoms with E-state index in [9.17, 15) is 0 Å². The Labute approximate surface area is 137 Å². The fourth-order valence-corrected chi connectivity index (χ4v) is 3.63. The van der Waals surface area contributed by atoms with Crippen LogP contribution in [0, 0.1) is 12.8 Å². The molecule has 0 amide bonds. The largest absolute Gasteiger partial charge is 0.490 e. The number of benzene rings is 1. The van der Waals surface area contributed by atoms with Gasteiger partial charge >= 0.3 is 0 Å². The van der Waals surface area contributed by atoms with E-state index < -0.39 is 0 Å². The maximum atomic E-state index is 6.39. The van der Waals surface area contributed by atoms with Crippen LogP contribution in [0.5, 0.6) is 5.75 Å². The van der Waals surface area contributed by atoms with E-state index in [2.05, 4.69) is 54.2 Å². The molecule has 1 aromatic carbocycles. The summed E-state index contributed by atoms with van der Waals surface area (Å²) in [6.45, 7) is 8.62. The number of aryl methyl sites for hydroxylation is 1. The quantitative estimate of drug-likeness (QED) is 0.708. The first kappa shape index (κ1) is 16.8. The highest BCUT2D eigenvalue weighted by molar-refractivity contribution is 9.10. The second-order valence-corrected chi connectivity index (χ2v) is 7.30. The molecule has 0 radical (unpaired) electrons. The van der Waals surface area contributed by atoms with Crippen LogP contribution < -0.4 is 10.1 Å². The molecular weight excluding hydrogens is 326 g/mol. The van der Waals surface area contributed by atoms with Gasteiger partial charge in [-0.2, -0.15) is 0 Å². The highest BCUT2D eigenvalue weighted by Gasteiger charge is 2.21. The fraction of sp³-hybridized carbons (Fsp3) is 0.667. The van der Waals surface area contributed by atoms with Gasteiger partial charge in [0.2, 0.25) is 0 Å². The van der Waals surface area contributed by atoms with Crippen LogP contribution in [0.1, 0.15) is 57.1 Å². The molecule has 0 heterocycles. The molecule has 1 aliphatic rings. The van der Waals surface area contributed by atoms with Crippen molar-refractivity contribution in [3.05, 3.63) is 27.7 Å². The van der Waals surface area contributed by atoms with Crippen LogP contribution in [-0.4, -0.2) is 12.6 Å². The molecule has 0 spiro atoms. The number of nitrogens with one attached hydrogen (secondary N) is 1. The predicted octanol–water partition coefficient (Wildman–Crippen LogP) is 5.21. The van der Waals surface area contributed by atoms with Crippen molar-refractivity contribution < 1.29 is 4.74 Å².